The number of hydrogen-bond donors (Lipinski definition) is 0. The molecule has 1 atom stereocenters. The van der Waals surface area contributed by atoms with E-state index in [1.165, 1.54) is 11.3 Å². The number of ether oxygens (including phenoxy) is 1. The first-order chi connectivity index (χ1) is 7.67. The maximum atomic E-state index is 5.99. The Morgan fingerprint density at radius 3 is 2.50 bits per heavy atom. The van der Waals surface area contributed by atoms with E-state index >= 15 is 0 Å². The first-order valence-corrected chi connectivity index (χ1v) is 6.37. The summed E-state index contributed by atoms with van der Waals surface area (Å²) in [5.74, 6) is 0.549. The first-order valence-electron chi connectivity index (χ1n) is 5.84. The largest absolute Gasteiger partial charge is 0.380 e. The molecule has 0 spiro atoms. The van der Waals surface area contributed by atoms with Gasteiger partial charge in [-0.1, -0.05) is 13.8 Å². The highest BCUT2D eigenvalue weighted by Gasteiger charge is 2.15. The molecule has 4 heteroatoms. The number of rotatable bonds is 6. The molecule has 0 radical (unpaired) electrons. The zero-order valence-electron chi connectivity index (χ0n) is 10.6. The summed E-state index contributed by atoms with van der Waals surface area (Å²) in [5.41, 5.74) is 3.57. The van der Waals surface area contributed by atoms with Crippen LogP contribution in [-0.2, 0) is 30.0 Å². The maximum Gasteiger partial charge on any atom is 0.0739 e. The molecule has 16 heavy (non-hydrogen) atoms. The Morgan fingerprint density at radius 1 is 1.38 bits per heavy atom. The molecule has 1 aromatic heterocycles. The predicted octanol–water partition coefficient (Wildman–Crippen LogP) is 2.78. The van der Waals surface area contributed by atoms with Crippen LogP contribution >= 0.6 is 11.6 Å². The highest BCUT2D eigenvalue weighted by molar-refractivity contribution is 6.17. The lowest BCUT2D eigenvalue weighted by Gasteiger charge is -2.12. The van der Waals surface area contributed by atoms with Gasteiger partial charge < -0.3 is 4.74 Å². The van der Waals surface area contributed by atoms with Crippen LogP contribution in [0.1, 0.15) is 37.7 Å². The molecular weight excluding hydrogens is 224 g/mol. The Hall–Kier alpha value is -0.540. The van der Waals surface area contributed by atoms with Crippen molar-refractivity contribution >= 4 is 11.6 Å². The van der Waals surface area contributed by atoms with Crippen molar-refractivity contribution in [3.8, 4) is 0 Å². The Morgan fingerprint density at radius 2 is 2.06 bits per heavy atom. The summed E-state index contributed by atoms with van der Waals surface area (Å²) in [6.45, 7) is 7.10. The number of nitrogens with zero attached hydrogens (tertiary/aromatic N) is 2. The fraction of sp³-hybridized carbons (Fsp3) is 0.750. The number of hydrogen-bond acceptors (Lipinski definition) is 2. The van der Waals surface area contributed by atoms with Gasteiger partial charge in [0.1, 0.15) is 0 Å². The molecule has 0 aliphatic heterocycles. The molecule has 0 aliphatic carbocycles. The highest BCUT2D eigenvalue weighted by atomic mass is 35.5. The third kappa shape index (κ3) is 2.77. The molecule has 0 N–H and O–H groups in total. The smallest absolute Gasteiger partial charge is 0.0739 e. The highest BCUT2D eigenvalue weighted by Crippen LogP contribution is 2.19. The molecular formula is C12H21ClN2O. The van der Waals surface area contributed by atoms with Crippen LogP contribution in [0.5, 0.6) is 0 Å². The summed E-state index contributed by atoms with van der Waals surface area (Å²) in [5, 5.41) is 4.61. The summed E-state index contributed by atoms with van der Waals surface area (Å²) in [6, 6.07) is 0. The minimum Gasteiger partial charge on any atom is -0.380 e. The summed E-state index contributed by atoms with van der Waals surface area (Å²) in [6.07, 6.45) is 2.08. The second-order valence-electron chi connectivity index (χ2n) is 3.94. The fourth-order valence-corrected chi connectivity index (χ4v) is 2.20. The van der Waals surface area contributed by atoms with Crippen LogP contribution in [0.4, 0.5) is 0 Å². The number of alkyl halides is 1. The Bertz CT molecular complexity index is 336. The fourth-order valence-electron chi connectivity index (χ4n) is 1.89. The summed E-state index contributed by atoms with van der Waals surface area (Å²) >= 11 is 5.99. The van der Waals surface area contributed by atoms with Gasteiger partial charge in [-0.05, 0) is 19.8 Å². The molecule has 3 nitrogen and oxygen atoms in total. The molecule has 0 fully saturated rings. The van der Waals surface area contributed by atoms with Crippen LogP contribution in [0.2, 0.25) is 0 Å². The van der Waals surface area contributed by atoms with Gasteiger partial charge >= 0.3 is 0 Å². The van der Waals surface area contributed by atoms with Crippen molar-refractivity contribution in [3.05, 3.63) is 17.0 Å². The van der Waals surface area contributed by atoms with E-state index in [0.717, 1.165) is 25.1 Å². The zero-order chi connectivity index (χ0) is 12.1. The molecule has 1 aromatic rings. The van der Waals surface area contributed by atoms with E-state index in [0.29, 0.717) is 5.88 Å². The molecule has 1 heterocycles. The van der Waals surface area contributed by atoms with E-state index in [1.54, 1.807) is 7.11 Å². The molecule has 1 rings (SSSR count). The zero-order valence-corrected chi connectivity index (χ0v) is 11.3. The minimum absolute atomic E-state index is 0.179. The van der Waals surface area contributed by atoms with Crippen LogP contribution in [0, 0.1) is 0 Å². The van der Waals surface area contributed by atoms with Gasteiger partial charge in [-0.2, -0.15) is 5.10 Å². The van der Waals surface area contributed by atoms with E-state index in [9.17, 15) is 0 Å². The van der Waals surface area contributed by atoms with Crippen molar-refractivity contribution in [2.75, 3.05) is 7.11 Å². The number of aryl methyl sites for hydroxylation is 1. The molecule has 0 aliphatic rings. The third-order valence-corrected chi connectivity index (χ3v) is 3.15. The number of methoxy groups -OCH3 is 1. The minimum atomic E-state index is 0.179. The van der Waals surface area contributed by atoms with Gasteiger partial charge in [-0.3, -0.25) is 4.68 Å². The van der Waals surface area contributed by atoms with Crippen LogP contribution in [0.15, 0.2) is 0 Å². The van der Waals surface area contributed by atoms with Gasteiger partial charge in [0, 0.05) is 18.4 Å². The SMILES string of the molecule is CCc1nn(CC(C)OC)c(CC)c1CCl. The van der Waals surface area contributed by atoms with Crippen LogP contribution in [-0.4, -0.2) is 23.0 Å². The van der Waals surface area contributed by atoms with Gasteiger partial charge in [0.15, 0.2) is 0 Å². The van der Waals surface area contributed by atoms with Gasteiger partial charge in [0.05, 0.1) is 24.2 Å². The van der Waals surface area contributed by atoms with Crippen molar-refractivity contribution < 1.29 is 4.74 Å². The molecule has 92 valence electrons. The van der Waals surface area contributed by atoms with Crippen molar-refractivity contribution in [1.29, 1.82) is 0 Å². The average molecular weight is 245 g/mol. The van der Waals surface area contributed by atoms with Crippen LogP contribution in [0.3, 0.4) is 0 Å². The van der Waals surface area contributed by atoms with Gasteiger partial charge in [-0.25, -0.2) is 0 Å². The molecule has 1 unspecified atom stereocenters. The van der Waals surface area contributed by atoms with E-state index in [1.807, 2.05) is 11.6 Å². The summed E-state index contributed by atoms with van der Waals surface area (Å²) < 4.78 is 7.32. The lowest BCUT2D eigenvalue weighted by Crippen LogP contribution is -2.17. The standard InChI is InChI=1S/C12H21ClN2O/c1-5-11-10(7-13)12(6-2)15(14-11)8-9(3)16-4/h9H,5-8H2,1-4H3. The Balaban J connectivity index is 3.03. The average Bonchev–Trinajstić information content (AvgIpc) is 2.65. The van der Waals surface area contributed by atoms with Crippen molar-refractivity contribution in [1.82, 2.24) is 9.78 Å². The summed E-state index contributed by atoms with van der Waals surface area (Å²) in [4.78, 5) is 0. The quantitative estimate of drug-likeness (QED) is 0.720. The van der Waals surface area contributed by atoms with Crippen molar-refractivity contribution in [2.45, 2.75) is 52.1 Å². The lowest BCUT2D eigenvalue weighted by atomic mass is 10.1. The van der Waals surface area contributed by atoms with E-state index < -0.39 is 0 Å². The maximum absolute atomic E-state index is 5.99. The topological polar surface area (TPSA) is 27.1 Å². The second-order valence-corrected chi connectivity index (χ2v) is 4.21. The monoisotopic (exact) mass is 244 g/mol. The Kier molecular flexibility index (Phi) is 5.29. The second kappa shape index (κ2) is 6.26. The molecule has 0 aromatic carbocycles. The van der Waals surface area contributed by atoms with Gasteiger partial charge in [0.2, 0.25) is 0 Å². The number of halogens is 1. The third-order valence-electron chi connectivity index (χ3n) is 2.89. The molecule has 0 amide bonds. The Labute approximate surface area is 103 Å². The molecule has 0 saturated heterocycles. The van der Waals surface area contributed by atoms with E-state index in [2.05, 4.69) is 18.9 Å². The van der Waals surface area contributed by atoms with Crippen molar-refractivity contribution in [3.63, 3.8) is 0 Å². The van der Waals surface area contributed by atoms with Gasteiger partial charge in [-0.15, -0.1) is 11.6 Å². The molecule has 0 bridgehead atoms. The van der Waals surface area contributed by atoms with E-state index in [4.69, 9.17) is 16.3 Å². The van der Waals surface area contributed by atoms with Crippen LogP contribution in [0.25, 0.3) is 0 Å². The normalized spacial score (nSPS) is 13.1. The molecule has 0 saturated carbocycles. The van der Waals surface area contributed by atoms with Gasteiger partial charge in [0.25, 0.3) is 0 Å². The predicted molar refractivity (Wildman–Crippen MR) is 67.0 cm³/mol. The summed E-state index contributed by atoms with van der Waals surface area (Å²) in [7, 11) is 1.73. The van der Waals surface area contributed by atoms with Crippen molar-refractivity contribution in [2.24, 2.45) is 0 Å². The van der Waals surface area contributed by atoms with Crippen LogP contribution < -0.4 is 0 Å². The lowest BCUT2D eigenvalue weighted by molar-refractivity contribution is 0.0989. The number of aromatic nitrogens is 2. The first kappa shape index (κ1) is 13.5. The van der Waals surface area contributed by atoms with E-state index in [-0.39, 0.29) is 6.10 Å².